The van der Waals surface area contributed by atoms with Gasteiger partial charge < -0.3 is 5.32 Å². The largest absolute Gasteiger partial charge is 0.355 e. The van der Waals surface area contributed by atoms with Gasteiger partial charge in [-0.1, -0.05) is 13.8 Å². The zero-order valence-corrected chi connectivity index (χ0v) is 14.0. The molecule has 7 heteroatoms. The molecule has 1 N–H and O–H groups in total. The molecule has 1 aromatic heterocycles. The molecule has 0 radical (unpaired) electrons. The lowest BCUT2D eigenvalue weighted by molar-refractivity contribution is -0.118. The van der Waals surface area contributed by atoms with Gasteiger partial charge in [-0.2, -0.15) is 5.10 Å². The molecule has 6 nitrogen and oxygen atoms in total. The van der Waals surface area contributed by atoms with Crippen molar-refractivity contribution < 1.29 is 13.2 Å². The minimum atomic E-state index is -3.30. The lowest BCUT2D eigenvalue weighted by Crippen LogP contribution is -2.33. The maximum atomic E-state index is 11.7. The fourth-order valence-electron chi connectivity index (χ4n) is 2.18. The number of hydrogen-bond donors (Lipinski definition) is 1. The van der Waals surface area contributed by atoms with Crippen LogP contribution in [0.4, 0.5) is 0 Å². The van der Waals surface area contributed by atoms with Gasteiger partial charge in [0.2, 0.25) is 5.91 Å². The van der Waals surface area contributed by atoms with Crippen LogP contribution >= 0.6 is 0 Å². The Morgan fingerprint density at radius 2 is 2.05 bits per heavy atom. The first kappa shape index (κ1) is 17.7. The van der Waals surface area contributed by atoms with Crippen LogP contribution in [0.15, 0.2) is 6.07 Å². The van der Waals surface area contributed by atoms with Crippen molar-refractivity contribution in [2.75, 3.05) is 18.1 Å². The number of carbonyl (C=O) groups is 1. The van der Waals surface area contributed by atoms with E-state index in [1.807, 2.05) is 38.4 Å². The van der Waals surface area contributed by atoms with Crippen molar-refractivity contribution in [2.45, 2.75) is 40.7 Å². The van der Waals surface area contributed by atoms with Crippen molar-refractivity contribution in [1.82, 2.24) is 15.1 Å². The molecule has 21 heavy (non-hydrogen) atoms. The smallest absolute Gasteiger partial charge is 0.235 e. The van der Waals surface area contributed by atoms with E-state index in [1.165, 1.54) is 0 Å². The molecule has 0 aliphatic rings. The van der Waals surface area contributed by atoms with Crippen LogP contribution < -0.4 is 5.32 Å². The lowest BCUT2D eigenvalue weighted by atomic mass is 10.3. The van der Waals surface area contributed by atoms with E-state index in [0.29, 0.717) is 13.1 Å². The summed E-state index contributed by atoms with van der Waals surface area (Å²) in [4.78, 5) is 11.6. The molecule has 0 bridgehead atoms. The predicted octanol–water partition coefficient (Wildman–Crippen LogP) is 1.08. The Bertz CT molecular complexity index is 576. The summed E-state index contributed by atoms with van der Waals surface area (Å²) in [5.74, 6) is -0.769. The number of sulfone groups is 1. The van der Waals surface area contributed by atoms with E-state index in [4.69, 9.17) is 0 Å². The highest BCUT2D eigenvalue weighted by atomic mass is 32.2. The first-order valence-corrected chi connectivity index (χ1v) is 9.00. The average Bonchev–Trinajstić information content (AvgIpc) is 2.60. The van der Waals surface area contributed by atoms with Gasteiger partial charge in [0.25, 0.3) is 0 Å². The van der Waals surface area contributed by atoms with Gasteiger partial charge >= 0.3 is 0 Å². The van der Waals surface area contributed by atoms with Crippen molar-refractivity contribution in [3.63, 3.8) is 0 Å². The molecule has 1 rings (SSSR count). The summed E-state index contributed by atoms with van der Waals surface area (Å²) in [6.07, 6.45) is 0.720. The zero-order valence-electron chi connectivity index (χ0n) is 13.2. The van der Waals surface area contributed by atoms with E-state index >= 15 is 0 Å². The third kappa shape index (κ3) is 6.75. The second-order valence-electron chi connectivity index (χ2n) is 5.80. The Morgan fingerprint density at radius 3 is 2.57 bits per heavy atom. The maximum absolute atomic E-state index is 11.7. The van der Waals surface area contributed by atoms with E-state index in [0.717, 1.165) is 17.8 Å². The third-order valence-corrected chi connectivity index (χ3v) is 4.79. The molecular formula is C14H25N3O3S. The van der Waals surface area contributed by atoms with Gasteiger partial charge in [-0.15, -0.1) is 0 Å². The van der Waals surface area contributed by atoms with Gasteiger partial charge in [-0.25, -0.2) is 8.42 Å². The second kappa shape index (κ2) is 7.59. The van der Waals surface area contributed by atoms with E-state index in [9.17, 15) is 13.2 Å². The van der Waals surface area contributed by atoms with Crippen LogP contribution in [-0.2, 0) is 21.2 Å². The average molecular weight is 315 g/mol. The van der Waals surface area contributed by atoms with Gasteiger partial charge in [0.1, 0.15) is 5.75 Å². The summed E-state index contributed by atoms with van der Waals surface area (Å²) in [5.41, 5.74) is 2.05. The Hall–Kier alpha value is -1.37. The summed E-state index contributed by atoms with van der Waals surface area (Å²) in [5, 5.41) is 6.98. The molecule has 0 aliphatic carbocycles. The molecule has 0 aromatic carbocycles. The van der Waals surface area contributed by atoms with E-state index in [1.54, 1.807) is 0 Å². The summed E-state index contributed by atoms with van der Waals surface area (Å²) in [7, 11) is -3.30. The summed E-state index contributed by atoms with van der Waals surface area (Å²) in [6.45, 7) is 8.72. The molecular weight excluding hydrogens is 290 g/mol. The molecule has 0 aliphatic heterocycles. The second-order valence-corrected chi connectivity index (χ2v) is 7.91. The monoisotopic (exact) mass is 315 g/mol. The van der Waals surface area contributed by atoms with Crippen molar-refractivity contribution in [3.05, 3.63) is 17.5 Å². The van der Waals surface area contributed by atoms with E-state index in [2.05, 4.69) is 10.4 Å². The third-order valence-electron chi connectivity index (χ3n) is 2.91. The maximum Gasteiger partial charge on any atom is 0.235 e. The lowest BCUT2D eigenvalue weighted by Gasteiger charge is -2.08. The summed E-state index contributed by atoms with van der Waals surface area (Å²) < 4.78 is 25.2. The Morgan fingerprint density at radius 1 is 1.38 bits per heavy atom. The van der Waals surface area contributed by atoms with Gasteiger partial charge in [-0.3, -0.25) is 9.48 Å². The molecule has 1 amide bonds. The standard InChI is InChI=1S/C14H25N3O3S/c1-11(2)9-21(19,20)10-14(18)15-6-5-7-17-13(4)8-12(3)16-17/h8,11H,5-7,9-10H2,1-4H3,(H,15,18). The highest BCUT2D eigenvalue weighted by molar-refractivity contribution is 7.92. The highest BCUT2D eigenvalue weighted by Crippen LogP contribution is 2.02. The number of amides is 1. The molecule has 0 fully saturated rings. The van der Waals surface area contributed by atoms with Crippen molar-refractivity contribution in [3.8, 4) is 0 Å². The van der Waals surface area contributed by atoms with Crippen LogP contribution in [0.5, 0.6) is 0 Å². The van der Waals surface area contributed by atoms with Crippen molar-refractivity contribution >= 4 is 15.7 Å². The number of aromatic nitrogens is 2. The number of aryl methyl sites for hydroxylation is 3. The van der Waals surface area contributed by atoms with Crippen LogP contribution in [-0.4, -0.2) is 42.2 Å². The Kier molecular flexibility index (Phi) is 6.39. The quantitative estimate of drug-likeness (QED) is 0.728. The van der Waals surface area contributed by atoms with Crippen LogP contribution in [0, 0.1) is 19.8 Å². The summed E-state index contributed by atoms with van der Waals surface area (Å²) in [6, 6.07) is 2.00. The number of nitrogens with zero attached hydrogens (tertiary/aromatic N) is 2. The molecule has 120 valence electrons. The Labute approximate surface area is 126 Å². The fourth-order valence-corrected chi connectivity index (χ4v) is 3.81. The molecule has 0 unspecified atom stereocenters. The first-order valence-electron chi connectivity index (χ1n) is 7.18. The molecule has 0 saturated carbocycles. The molecule has 0 saturated heterocycles. The normalized spacial score (nSPS) is 11.9. The first-order chi connectivity index (χ1) is 9.69. The number of hydrogen-bond acceptors (Lipinski definition) is 4. The molecule has 0 atom stereocenters. The van der Waals surface area contributed by atoms with Crippen LogP contribution in [0.3, 0.4) is 0 Å². The minimum absolute atomic E-state index is 0.0360. The SMILES string of the molecule is Cc1cc(C)n(CCCNC(=O)CS(=O)(=O)CC(C)C)n1. The Balaban J connectivity index is 2.29. The van der Waals surface area contributed by atoms with Gasteiger partial charge in [0.05, 0.1) is 11.4 Å². The minimum Gasteiger partial charge on any atom is -0.355 e. The highest BCUT2D eigenvalue weighted by Gasteiger charge is 2.17. The number of carbonyl (C=O) groups excluding carboxylic acids is 1. The van der Waals surface area contributed by atoms with E-state index < -0.39 is 21.5 Å². The van der Waals surface area contributed by atoms with Crippen molar-refractivity contribution in [1.29, 1.82) is 0 Å². The van der Waals surface area contributed by atoms with Gasteiger partial charge in [0, 0.05) is 18.8 Å². The van der Waals surface area contributed by atoms with Gasteiger partial charge in [-0.05, 0) is 32.3 Å². The summed E-state index contributed by atoms with van der Waals surface area (Å²) >= 11 is 0. The van der Waals surface area contributed by atoms with Crippen LogP contribution in [0.2, 0.25) is 0 Å². The number of rotatable bonds is 8. The topological polar surface area (TPSA) is 81.1 Å². The molecule has 0 spiro atoms. The van der Waals surface area contributed by atoms with Crippen LogP contribution in [0.25, 0.3) is 0 Å². The molecule has 1 aromatic rings. The van der Waals surface area contributed by atoms with Gasteiger partial charge in [0.15, 0.2) is 9.84 Å². The van der Waals surface area contributed by atoms with Crippen LogP contribution in [0.1, 0.15) is 31.7 Å². The van der Waals surface area contributed by atoms with E-state index in [-0.39, 0.29) is 11.7 Å². The molecule has 1 heterocycles. The van der Waals surface area contributed by atoms with Crippen molar-refractivity contribution in [2.24, 2.45) is 5.92 Å². The zero-order chi connectivity index (χ0) is 16.0. The fraction of sp³-hybridized carbons (Fsp3) is 0.714. The number of nitrogens with one attached hydrogen (secondary N) is 1. The predicted molar refractivity (Wildman–Crippen MR) is 82.8 cm³/mol.